The van der Waals surface area contributed by atoms with Crippen LogP contribution >= 0.6 is 11.6 Å². The average Bonchev–Trinajstić information content (AvgIpc) is 3.10. The monoisotopic (exact) mass is 367 g/mol. The first kappa shape index (κ1) is 17.0. The highest BCUT2D eigenvalue weighted by Gasteiger charge is 2.22. The van der Waals surface area contributed by atoms with Crippen molar-refractivity contribution in [2.24, 2.45) is 11.7 Å². The van der Waals surface area contributed by atoms with E-state index in [4.69, 9.17) is 17.3 Å². The molecule has 1 amide bonds. The van der Waals surface area contributed by atoms with Crippen LogP contribution in [0.3, 0.4) is 0 Å². The number of benzene rings is 2. The number of piperidine rings is 1. The first-order chi connectivity index (χ1) is 12.6. The molecule has 5 heteroatoms. The fourth-order valence-electron chi connectivity index (χ4n) is 3.86. The Balaban J connectivity index is 1.49. The number of nitrogens with zero attached hydrogens (tertiary/aromatic N) is 1. The van der Waals surface area contributed by atoms with Crippen LogP contribution in [0.1, 0.15) is 28.9 Å². The number of halogens is 1. The summed E-state index contributed by atoms with van der Waals surface area (Å²) < 4.78 is 0. The van der Waals surface area contributed by atoms with Gasteiger partial charge in [-0.3, -0.25) is 4.79 Å². The van der Waals surface area contributed by atoms with Crippen molar-refractivity contribution in [2.75, 3.05) is 18.0 Å². The molecule has 0 atom stereocenters. The molecule has 1 aromatic heterocycles. The fourth-order valence-corrected chi connectivity index (χ4v) is 4.20. The van der Waals surface area contributed by atoms with E-state index in [-0.39, 0.29) is 0 Å². The Hall–Kier alpha value is -2.46. The highest BCUT2D eigenvalue weighted by atomic mass is 35.5. The van der Waals surface area contributed by atoms with Crippen LogP contribution in [0, 0.1) is 5.92 Å². The first-order valence-corrected chi connectivity index (χ1v) is 9.39. The van der Waals surface area contributed by atoms with Gasteiger partial charge in [0.05, 0.1) is 10.7 Å². The molecule has 0 bridgehead atoms. The molecule has 2 aromatic carbocycles. The Morgan fingerprint density at radius 3 is 2.58 bits per heavy atom. The first-order valence-electron chi connectivity index (χ1n) is 9.01. The number of hydrogen-bond acceptors (Lipinski definition) is 2. The maximum atomic E-state index is 11.4. The van der Waals surface area contributed by atoms with Crippen LogP contribution in [0.4, 0.5) is 5.69 Å². The summed E-state index contributed by atoms with van der Waals surface area (Å²) in [6, 6.07) is 16.4. The number of H-pyrrole nitrogens is 1. The molecule has 3 N–H and O–H groups in total. The minimum atomic E-state index is -0.472. The largest absolute Gasteiger partial charge is 0.370 e. The number of anilines is 1. The number of aromatic amines is 1. The Morgan fingerprint density at radius 2 is 1.88 bits per heavy atom. The van der Waals surface area contributed by atoms with E-state index in [0.717, 1.165) is 48.9 Å². The zero-order valence-corrected chi connectivity index (χ0v) is 15.3. The number of carbonyl (C=O) groups excluding carboxylic acids is 1. The number of fused-ring (bicyclic) bond motifs is 1. The third kappa shape index (κ3) is 3.29. The van der Waals surface area contributed by atoms with Gasteiger partial charge in [-0.05, 0) is 48.9 Å². The molecule has 0 radical (unpaired) electrons. The van der Waals surface area contributed by atoms with E-state index in [9.17, 15) is 4.79 Å². The lowest BCUT2D eigenvalue weighted by Crippen LogP contribution is -2.34. The predicted molar refractivity (Wildman–Crippen MR) is 107 cm³/mol. The highest BCUT2D eigenvalue weighted by molar-refractivity contribution is 6.38. The van der Waals surface area contributed by atoms with Crippen LogP contribution in [0.5, 0.6) is 0 Å². The zero-order valence-electron chi connectivity index (χ0n) is 14.5. The van der Waals surface area contributed by atoms with Gasteiger partial charge in [0.15, 0.2) is 0 Å². The van der Waals surface area contributed by atoms with E-state index in [2.05, 4.69) is 40.2 Å². The number of rotatable bonds is 4. The molecule has 0 spiro atoms. The summed E-state index contributed by atoms with van der Waals surface area (Å²) in [4.78, 5) is 16.8. The minimum absolute atomic E-state index is 0.389. The summed E-state index contributed by atoms with van der Waals surface area (Å²) in [5, 5.41) is 1.54. The topological polar surface area (TPSA) is 62.1 Å². The van der Waals surface area contributed by atoms with Crippen molar-refractivity contribution in [1.82, 2.24) is 4.98 Å². The summed E-state index contributed by atoms with van der Waals surface area (Å²) in [6.07, 6.45) is 3.45. The summed E-state index contributed by atoms with van der Waals surface area (Å²) in [7, 11) is 0. The van der Waals surface area contributed by atoms with Crippen LogP contribution in [0.2, 0.25) is 5.02 Å². The molecule has 0 aliphatic carbocycles. The number of primary amides is 1. The van der Waals surface area contributed by atoms with E-state index in [0.29, 0.717) is 16.6 Å². The summed E-state index contributed by atoms with van der Waals surface area (Å²) in [5.41, 5.74) is 9.04. The van der Waals surface area contributed by atoms with Crippen LogP contribution in [0.15, 0.2) is 48.5 Å². The van der Waals surface area contributed by atoms with E-state index < -0.39 is 5.91 Å². The van der Waals surface area contributed by atoms with Crippen molar-refractivity contribution < 1.29 is 4.79 Å². The second-order valence-electron chi connectivity index (χ2n) is 7.03. The number of nitrogens with two attached hydrogens (primary N) is 1. The van der Waals surface area contributed by atoms with Gasteiger partial charge >= 0.3 is 0 Å². The van der Waals surface area contributed by atoms with E-state index in [1.807, 2.05) is 12.1 Å². The van der Waals surface area contributed by atoms with E-state index in [1.165, 1.54) is 5.56 Å². The fraction of sp³-hybridized carbons (Fsp3) is 0.286. The van der Waals surface area contributed by atoms with E-state index >= 15 is 0 Å². The molecule has 1 aliphatic rings. The molecule has 3 aromatic rings. The Labute approximate surface area is 157 Å². The Morgan fingerprint density at radius 1 is 1.15 bits per heavy atom. The molecule has 0 saturated carbocycles. The smallest absolute Gasteiger partial charge is 0.265 e. The molecule has 2 heterocycles. The van der Waals surface area contributed by atoms with Crippen molar-refractivity contribution >= 4 is 34.1 Å². The molecule has 134 valence electrons. The third-order valence-electron chi connectivity index (χ3n) is 5.31. The van der Waals surface area contributed by atoms with Crippen molar-refractivity contribution in [2.45, 2.75) is 19.3 Å². The second kappa shape index (κ2) is 7.04. The Bertz CT molecular complexity index is 927. The summed E-state index contributed by atoms with van der Waals surface area (Å²) in [6.45, 7) is 1.99. The van der Waals surface area contributed by atoms with Crippen LogP contribution in [-0.4, -0.2) is 24.0 Å². The predicted octanol–water partition coefficient (Wildman–Crippen LogP) is 4.38. The number of nitrogens with one attached hydrogen (secondary N) is 1. The van der Waals surface area contributed by atoms with Crippen molar-refractivity contribution in [3.63, 3.8) is 0 Å². The number of carbonyl (C=O) groups is 1. The maximum absolute atomic E-state index is 11.4. The summed E-state index contributed by atoms with van der Waals surface area (Å²) in [5.74, 6) is 0.241. The molecular formula is C21H22ClN3O. The molecular weight excluding hydrogens is 346 g/mol. The van der Waals surface area contributed by atoms with Gasteiger partial charge in [0.25, 0.3) is 5.91 Å². The second-order valence-corrected chi connectivity index (χ2v) is 7.41. The number of hydrogen-bond donors (Lipinski definition) is 2. The van der Waals surface area contributed by atoms with Crippen molar-refractivity contribution in [1.29, 1.82) is 0 Å². The zero-order chi connectivity index (χ0) is 18.1. The van der Waals surface area contributed by atoms with Gasteiger partial charge in [0.2, 0.25) is 0 Å². The minimum Gasteiger partial charge on any atom is -0.370 e. The number of aromatic nitrogens is 1. The lowest BCUT2D eigenvalue weighted by molar-refractivity contribution is 0.0996. The van der Waals surface area contributed by atoms with Gasteiger partial charge in [-0.15, -0.1) is 0 Å². The molecule has 1 aliphatic heterocycles. The normalized spacial score (nSPS) is 15.5. The van der Waals surface area contributed by atoms with Gasteiger partial charge in [0.1, 0.15) is 5.69 Å². The van der Waals surface area contributed by atoms with Crippen LogP contribution < -0.4 is 10.6 Å². The van der Waals surface area contributed by atoms with Gasteiger partial charge in [-0.2, -0.15) is 0 Å². The average molecular weight is 368 g/mol. The van der Waals surface area contributed by atoms with Gasteiger partial charge in [-0.1, -0.05) is 41.9 Å². The lowest BCUT2D eigenvalue weighted by Gasteiger charge is -2.34. The van der Waals surface area contributed by atoms with E-state index in [1.54, 1.807) is 6.07 Å². The Kier molecular flexibility index (Phi) is 4.60. The maximum Gasteiger partial charge on any atom is 0.265 e. The molecule has 0 unspecified atom stereocenters. The highest BCUT2D eigenvalue weighted by Crippen LogP contribution is 2.36. The van der Waals surface area contributed by atoms with Crippen LogP contribution in [-0.2, 0) is 6.42 Å². The van der Waals surface area contributed by atoms with Crippen molar-refractivity contribution in [3.8, 4) is 0 Å². The molecule has 26 heavy (non-hydrogen) atoms. The molecule has 1 fully saturated rings. The third-order valence-corrected chi connectivity index (χ3v) is 5.70. The van der Waals surface area contributed by atoms with Gasteiger partial charge in [0, 0.05) is 24.0 Å². The standard InChI is InChI=1S/C21H22ClN3O/c22-20-16-13-18(21(23)26)24-17(16)6-7-19(20)25-10-8-15(9-11-25)12-14-4-2-1-3-5-14/h1-7,13,15,24H,8-12H2,(H2,23,26). The molecule has 1 saturated heterocycles. The van der Waals surface area contributed by atoms with Gasteiger partial charge in [-0.25, -0.2) is 0 Å². The van der Waals surface area contributed by atoms with Crippen LogP contribution in [0.25, 0.3) is 10.9 Å². The van der Waals surface area contributed by atoms with Crippen molar-refractivity contribution in [3.05, 3.63) is 64.8 Å². The number of amides is 1. The summed E-state index contributed by atoms with van der Waals surface area (Å²) >= 11 is 6.65. The lowest BCUT2D eigenvalue weighted by atomic mass is 9.90. The molecule has 4 nitrogen and oxygen atoms in total. The van der Waals surface area contributed by atoms with Gasteiger partial charge < -0.3 is 15.6 Å². The quantitative estimate of drug-likeness (QED) is 0.718. The molecule has 4 rings (SSSR count). The SMILES string of the molecule is NC(=O)c1cc2c(Cl)c(N3CCC(Cc4ccccc4)CC3)ccc2[nH]1.